The zero-order chi connectivity index (χ0) is 10.6. The van der Waals surface area contributed by atoms with Crippen molar-refractivity contribution in [2.45, 2.75) is 44.7 Å². The minimum atomic E-state index is -0.848. The fourth-order valence-corrected chi connectivity index (χ4v) is 2.05. The monoisotopic (exact) mass is 196 g/mol. The summed E-state index contributed by atoms with van der Waals surface area (Å²) in [6.07, 6.45) is 4.36. The molecular formula is C10H16N2O2. The normalized spacial score (nSPS) is 19.5. The van der Waals surface area contributed by atoms with Crippen LogP contribution in [-0.4, -0.2) is 34.6 Å². The number of rotatable bonds is 4. The largest absolute Gasteiger partial charge is 0.480 e. The van der Waals surface area contributed by atoms with E-state index in [9.17, 15) is 4.79 Å². The van der Waals surface area contributed by atoms with Gasteiger partial charge in [0.25, 0.3) is 0 Å². The first-order valence-electron chi connectivity index (χ1n) is 5.02. The van der Waals surface area contributed by atoms with E-state index in [2.05, 4.69) is 6.07 Å². The highest BCUT2D eigenvalue weighted by Crippen LogP contribution is 2.24. The van der Waals surface area contributed by atoms with E-state index in [-0.39, 0.29) is 12.6 Å². The van der Waals surface area contributed by atoms with E-state index in [1.807, 2.05) is 0 Å². The molecule has 0 bridgehead atoms. The number of nitrogens with zero attached hydrogens (tertiary/aromatic N) is 2. The second-order valence-electron chi connectivity index (χ2n) is 3.81. The van der Waals surface area contributed by atoms with Crippen LogP contribution in [-0.2, 0) is 4.79 Å². The van der Waals surface area contributed by atoms with E-state index in [1.54, 1.807) is 11.8 Å². The van der Waals surface area contributed by atoms with Crippen LogP contribution in [0.15, 0.2) is 0 Å². The van der Waals surface area contributed by atoms with Crippen LogP contribution in [0.3, 0.4) is 0 Å². The lowest BCUT2D eigenvalue weighted by molar-refractivity contribution is -0.139. The van der Waals surface area contributed by atoms with Crippen LogP contribution in [0.1, 0.15) is 32.6 Å². The maximum atomic E-state index is 10.6. The smallest absolute Gasteiger partial charge is 0.317 e. The van der Waals surface area contributed by atoms with E-state index >= 15 is 0 Å². The molecule has 0 aromatic heterocycles. The average molecular weight is 196 g/mol. The molecule has 0 aliphatic heterocycles. The van der Waals surface area contributed by atoms with Crippen LogP contribution in [0.25, 0.3) is 0 Å². The van der Waals surface area contributed by atoms with Crippen molar-refractivity contribution in [2.75, 3.05) is 6.54 Å². The Balaban J connectivity index is 2.60. The number of carbonyl (C=O) groups is 1. The van der Waals surface area contributed by atoms with Gasteiger partial charge in [-0.05, 0) is 19.8 Å². The Morgan fingerprint density at radius 1 is 1.64 bits per heavy atom. The summed E-state index contributed by atoms with van der Waals surface area (Å²) in [5.74, 6) is -0.848. The second-order valence-corrected chi connectivity index (χ2v) is 3.81. The molecule has 1 rings (SSSR count). The fourth-order valence-electron chi connectivity index (χ4n) is 2.05. The van der Waals surface area contributed by atoms with E-state index in [1.165, 1.54) is 0 Å². The molecule has 0 aromatic rings. The van der Waals surface area contributed by atoms with E-state index in [0.29, 0.717) is 6.04 Å². The second kappa shape index (κ2) is 4.97. The predicted molar refractivity (Wildman–Crippen MR) is 51.7 cm³/mol. The molecule has 1 atom stereocenters. The molecule has 0 aromatic carbocycles. The summed E-state index contributed by atoms with van der Waals surface area (Å²) in [7, 11) is 0. The Bertz CT molecular complexity index is 241. The van der Waals surface area contributed by atoms with Crippen LogP contribution >= 0.6 is 0 Å². The molecule has 1 aliphatic carbocycles. The first kappa shape index (κ1) is 11.0. The van der Waals surface area contributed by atoms with Crippen LogP contribution in [0, 0.1) is 11.3 Å². The van der Waals surface area contributed by atoms with Crippen molar-refractivity contribution in [1.82, 2.24) is 4.90 Å². The zero-order valence-corrected chi connectivity index (χ0v) is 8.44. The first-order valence-corrected chi connectivity index (χ1v) is 5.02. The number of carboxylic acids is 1. The molecule has 4 heteroatoms. The van der Waals surface area contributed by atoms with Gasteiger partial charge in [-0.3, -0.25) is 9.69 Å². The number of aliphatic carboxylic acids is 1. The first-order chi connectivity index (χ1) is 6.65. The quantitative estimate of drug-likeness (QED) is 0.734. The SMILES string of the molecule is CC(C#N)N(CC(=O)O)C1CCCC1. The summed E-state index contributed by atoms with van der Waals surface area (Å²) in [6, 6.07) is 2.11. The molecule has 1 saturated carbocycles. The molecule has 0 amide bonds. The summed E-state index contributed by atoms with van der Waals surface area (Å²) < 4.78 is 0. The van der Waals surface area contributed by atoms with Gasteiger partial charge in [0.15, 0.2) is 0 Å². The Hall–Kier alpha value is -1.08. The minimum Gasteiger partial charge on any atom is -0.480 e. The lowest BCUT2D eigenvalue weighted by atomic mass is 10.1. The third kappa shape index (κ3) is 2.71. The van der Waals surface area contributed by atoms with Gasteiger partial charge in [0, 0.05) is 6.04 Å². The average Bonchev–Trinajstić information content (AvgIpc) is 2.65. The van der Waals surface area contributed by atoms with Gasteiger partial charge < -0.3 is 5.11 Å². The number of nitriles is 1. The van der Waals surface area contributed by atoms with E-state index in [4.69, 9.17) is 10.4 Å². The molecule has 0 radical (unpaired) electrons. The van der Waals surface area contributed by atoms with Crippen molar-refractivity contribution in [1.29, 1.82) is 5.26 Å². The standard InChI is InChI=1S/C10H16N2O2/c1-8(6-11)12(7-10(13)14)9-4-2-3-5-9/h8-9H,2-5,7H2,1H3,(H,13,14). The minimum absolute atomic E-state index is 0.0145. The Labute approximate surface area is 84.1 Å². The molecule has 1 aliphatic rings. The Morgan fingerprint density at radius 2 is 2.21 bits per heavy atom. The summed E-state index contributed by atoms with van der Waals surface area (Å²) in [4.78, 5) is 12.4. The van der Waals surface area contributed by atoms with Crippen molar-refractivity contribution in [3.05, 3.63) is 0 Å². The zero-order valence-electron chi connectivity index (χ0n) is 8.44. The lowest BCUT2D eigenvalue weighted by Crippen LogP contribution is -2.43. The lowest BCUT2D eigenvalue weighted by Gasteiger charge is -2.28. The van der Waals surface area contributed by atoms with Gasteiger partial charge in [-0.1, -0.05) is 12.8 Å². The van der Waals surface area contributed by atoms with Gasteiger partial charge in [-0.15, -0.1) is 0 Å². The van der Waals surface area contributed by atoms with Crippen LogP contribution in [0.5, 0.6) is 0 Å². The van der Waals surface area contributed by atoms with Gasteiger partial charge in [-0.2, -0.15) is 5.26 Å². The van der Waals surface area contributed by atoms with Gasteiger partial charge in [0.05, 0.1) is 18.7 Å². The fraction of sp³-hybridized carbons (Fsp3) is 0.800. The Morgan fingerprint density at radius 3 is 2.64 bits per heavy atom. The van der Waals surface area contributed by atoms with Gasteiger partial charge in [-0.25, -0.2) is 0 Å². The molecule has 4 nitrogen and oxygen atoms in total. The van der Waals surface area contributed by atoms with E-state index in [0.717, 1.165) is 25.7 Å². The third-order valence-corrected chi connectivity index (χ3v) is 2.80. The van der Waals surface area contributed by atoms with Crippen LogP contribution in [0.4, 0.5) is 0 Å². The predicted octanol–water partition coefficient (Wildman–Crippen LogP) is 1.23. The summed E-state index contributed by atoms with van der Waals surface area (Å²) >= 11 is 0. The van der Waals surface area contributed by atoms with Crippen molar-refractivity contribution < 1.29 is 9.90 Å². The van der Waals surface area contributed by atoms with Crippen molar-refractivity contribution in [2.24, 2.45) is 0 Å². The molecule has 1 N–H and O–H groups in total. The Kier molecular flexibility index (Phi) is 3.90. The van der Waals surface area contributed by atoms with Crippen molar-refractivity contribution >= 4 is 5.97 Å². The highest BCUT2D eigenvalue weighted by Gasteiger charge is 2.27. The molecular weight excluding hydrogens is 180 g/mol. The maximum Gasteiger partial charge on any atom is 0.317 e. The highest BCUT2D eigenvalue weighted by molar-refractivity contribution is 5.69. The molecule has 1 unspecified atom stereocenters. The summed E-state index contributed by atoms with van der Waals surface area (Å²) in [5, 5.41) is 17.5. The molecule has 78 valence electrons. The third-order valence-electron chi connectivity index (χ3n) is 2.80. The van der Waals surface area contributed by atoms with Gasteiger partial charge in [0.1, 0.15) is 0 Å². The van der Waals surface area contributed by atoms with Crippen LogP contribution in [0.2, 0.25) is 0 Å². The number of hydrogen-bond acceptors (Lipinski definition) is 3. The van der Waals surface area contributed by atoms with Crippen LogP contribution < -0.4 is 0 Å². The molecule has 0 spiro atoms. The molecule has 0 saturated heterocycles. The highest BCUT2D eigenvalue weighted by atomic mass is 16.4. The van der Waals surface area contributed by atoms with Gasteiger partial charge >= 0.3 is 5.97 Å². The number of hydrogen-bond donors (Lipinski definition) is 1. The maximum absolute atomic E-state index is 10.6. The van der Waals surface area contributed by atoms with Crippen molar-refractivity contribution in [3.8, 4) is 6.07 Å². The summed E-state index contributed by atoms with van der Waals surface area (Å²) in [6.45, 7) is 1.75. The number of carboxylic acid groups (broad SMARTS) is 1. The van der Waals surface area contributed by atoms with Gasteiger partial charge in [0.2, 0.25) is 0 Å². The topological polar surface area (TPSA) is 64.3 Å². The van der Waals surface area contributed by atoms with Crippen molar-refractivity contribution in [3.63, 3.8) is 0 Å². The summed E-state index contributed by atoms with van der Waals surface area (Å²) in [5.41, 5.74) is 0. The van der Waals surface area contributed by atoms with E-state index < -0.39 is 5.97 Å². The molecule has 14 heavy (non-hydrogen) atoms. The molecule has 0 heterocycles. The molecule has 1 fully saturated rings.